The average molecular weight is 277 g/mol. The van der Waals surface area contributed by atoms with Crippen LogP contribution in [0.1, 0.15) is 27.7 Å². The Hall–Kier alpha value is -1.13. The van der Waals surface area contributed by atoms with Gasteiger partial charge in [0.05, 0.1) is 0 Å². The van der Waals surface area contributed by atoms with Crippen molar-refractivity contribution < 1.29 is 0 Å². The quantitative estimate of drug-likeness (QED) is 0.911. The van der Waals surface area contributed by atoms with Crippen molar-refractivity contribution in [3.05, 3.63) is 34.7 Å². The van der Waals surface area contributed by atoms with Crippen molar-refractivity contribution in [3.63, 3.8) is 0 Å². The summed E-state index contributed by atoms with van der Waals surface area (Å²) < 4.78 is 1.79. The first-order valence-corrected chi connectivity index (χ1v) is 7.51. The molecule has 0 amide bonds. The summed E-state index contributed by atoms with van der Waals surface area (Å²) in [4.78, 5) is 14.2. The zero-order valence-corrected chi connectivity index (χ0v) is 13.1. The molecule has 1 aliphatic rings. The van der Waals surface area contributed by atoms with E-state index in [1.165, 1.54) is 0 Å². The molecule has 1 aromatic rings. The van der Waals surface area contributed by atoms with E-state index in [0.29, 0.717) is 12.1 Å². The molecule has 2 unspecified atom stereocenters. The van der Waals surface area contributed by atoms with Crippen molar-refractivity contribution in [1.29, 1.82) is 0 Å². The van der Waals surface area contributed by atoms with Crippen LogP contribution in [-0.4, -0.2) is 41.2 Å². The Morgan fingerprint density at radius 1 is 1.30 bits per heavy atom. The van der Waals surface area contributed by atoms with E-state index in [9.17, 15) is 4.79 Å². The van der Waals surface area contributed by atoms with E-state index in [2.05, 4.69) is 37.9 Å². The van der Waals surface area contributed by atoms with Gasteiger partial charge >= 0.3 is 0 Å². The highest BCUT2D eigenvalue weighted by atomic mass is 16.1. The molecule has 2 heterocycles. The monoisotopic (exact) mass is 277 g/mol. The van der Waals surface area contributed by atoms with Crippen molar-refractivity contribution in [1.82, 2.24) is 14.8 Å². The summed E-state index contributed by atoms with van der Waals surface area (Å²) in [6, 6.07) is 6.36. The van der Waals surface area contributed by atoms with E-state index >= 15 is 0 Å². The minimum Gasteiger partial charge on any atom is -0.314 e. The molecule has 1 aromatic heterocycles. The van der Waals surface area contributed by atoms with Crippen LogP contribution in [0.15, 0.2) is 29.2 Å². The van der Waals surface area contributed by atoms with Crippen LogP contribution in [0.3, 0.4) is 0 Å². The Bertz CT molecular complexity index is 489. The molecule has 2 rings (SSSR count). The lowest BCUT2D eigenvalue weighted by Gasteiger charge is -2.44. The van der Waals surface area contributed by atoms with Crippen LogP contribution in [0.25, 0.3) is 0 Å². The lowest BCUT2D eigenvalue weighted by atomic mass is 9.85. The first kappa shape index (κ1) is 15.3. The van der Waals surface area contributed by atoms with E-state index < -0.39 is 0 Å². The summed E-state index contributed by atoms with van der Waals surface area (Å²) in [5.74, 6) is 0. The molecule has 0 saturated carbocycles. The minimum atomic E-state index is 0.0858. The summed E-state index contributed by atoms with van der Waals surface area (Å²) in [6.45, 7) is 12.8. The van der Waals surface area contributed by atoms with Gasteiger partial charge in [-0.3, -0.25) is 9.69 Å². The largest absolute Gasteiger partial charge is 0.314 e. The number of aromatic nitrogens is 1. The number of pyridine rings is 1. The predicted molar refractivity (Wildman–Crippen MR) is 83.0 cm³/mol. The summed E-state index contributed by atoms with van der Waals surface area (Å²) in [5.41, 5.74) is 0.352. The Balaban J connectivity index is 1.97. The van der Waals surface area contributed by atoms with Crippen molar-refractivity contribution in [2.75, 3.05) is 19.6 Å². The summed E-state index contributed by atoms with van der Waals surface area (Å²) >= 11 is 0. The lowest BCUT2D eigenvalue weighted by Crippen LogP contribution is -2.59. The number of hydrogen-bond acceptors (Lipinski definition) is 3. The highest BCUT2D eigenvalue weighted by Gasteiger charge is 2.31. The third kappa shape index (κ3) is 3.70. The summed E-state index contributed by atoms with van der Waals surface area (Å²) in [7, 11) is 0. The van der Waals surface area contributed by atoms with Crippen molar-refractivity contribution in [2.24, 2.45) is 5.41 Å². The van der Waals surface area contributed by atoms with Crippen molar-refractivity contribution in [2.45, 2.75) is 46.3 Å². The molecule has 0 aromatic carbocycles. The highest BCUT2D eigenvalue weighted by Crippen LogP contribution is 2.23. The molecule has 0 aliphatic carbocycles. The molecule has 1 saturated heterocycles. The fourth-order valence-electron chi connectivity index (χ4n) is 2.69. The van der Waals surface area contributed by atoms with E-state index in [4.69, 9.17) is 0 Å². The van der Waals surface area contributed by atoms with Crippen LogP contribution in [0, 0.1) is 5.41 Å². The van der Waals surface area contributed by atoms with Crippen LogP contribution in [0.5, 0.6) is 0 Å². The average Bonchev–Trinajstić information content (AvgIpc) is 2.38. The fourth-order valence-corrected chi connectivity index (χ4v) is 2.69. The second-order valence-electron chi connectivity index (χ2n) is 6.90. The Morgan fingerprint density at radius 2 is 2.05 bits per heavy atom. The van der Waals surface area contributed by atoms with Gasteiger partial charge in [0.1, 0.15) is 0 Å². The number of rotatable bonds is 3. The van der Waals surface area contributed by atoms with Gasteiger partial charge in [-0.25, -0.2) is 0 Å². The Labute approximate surface area is 121 Å². The molecule has 4 heteroatoms. The molecular formula is C16H27N3O. The molecule has 20 heavy (non-hydrogen) atoms. The third-order valence-corrected chi connectivity index (χ3v) is 4.27. The molecule has 0 spiro atoms. The molecule has 1 aliphatic heterocycles. The topological polar surface area (TPSA) is 37.3 Å². The van der Waals surface area contributed by atoms with Crippen molar-refractivity contribution >= 4 is 0 Å². The van der Waals surface area contributed by atoms with Gasteiger partial charge in [-0.2, -0.15) is 0 Å². The van der Waals surface area contributed by atoms with Gasteiger partial charge in [0.15, 0.2) is 0 Å². The van der Waals surface area contributed by atoms with E-state index in [1.54, 1.807) is 16.7 Å². The summed E-state index contributed by atoms with van der Waals surface area (Å²) in [6.07, 6.45) is 1.87. The normalized spacial score (nSPS) is 24.8. The molecular weight excluding hydrogens is 250 g/mol. The summed E-state index contributed by atoms with van der Waals surface area (Å²) in [5, 5.41) is 3.64. The van der Waals surface area contributed by atoms with Gasteiger partial charge < -0.3 is 9.88 Å². The zero-order valence-electron chi connectivity index (χ0n) is 13.1. The van der Waals surface area contributed by atoms with Crippen molar-refractivity contribution in [3.8, 4) is 0 Å². The van der Waals surface area contributed by atoms with Gasteiger partial charge in [0.2, 0.25) is 0 Å². The zero-order chi connectivity index (χ0) is 14.8. The van der Waals surface area contributed by atoms with Gasteiger partial charge in [-0.05, 0) is 18.4 Å². The second kappa shape index (κ2) is 6.10. The standard InChI is InChI=1S/C16H27N3O/c1-13-11-17-14(16(2,3)4)12-19(13)10-9-18-8-6-5-7-15(18)20/h5-8,13-14,17H,9-12H2,1-4H3. The van der Waals surface area contributed by atoms with E-state index in [1.807, 2.05) is 12.3 Å². The number of piperazine rings is 1. The van der Waals surface area contributed by atoms with Gasteiger partial charge in [-0.15, -0.1) is 0 Å². The molecule has 1 N–H and O–H groups in total. The first-order chi connectivity index (χ1) is 9.38. The highest BCUT2D eigenvalue weighted by molar-refractivity contribution is 4.94. The van der Waals surface area contributed by atoms with Gasteiger partial charge in [0.25, 0.3) is 5.56 Å². The Morgan fingerprint density at radius 3 is 2.70 bits per heavy atom. The fraction of sp³-hybridized carbons (Fsp3) is 0.688. The van der Waals surface area contributed by atoms with Crippen LogP contribution in [0.2, 0.25) is 0 Å². The number of nitrogens with zero attached hydrogens (tertiary/aromatic N) is 2. The molecule has 4 nitrogen and oxygen atoms in total. The van der Waals surface area contributed by atoms with E-state index in [-0.39, 0.29) is 11.0 Å². The predicted octanol–water partition coefficient (Wildman–Crippen LogP) is 1.56. The van der Waals surface area contributed by atoms with Crippen LogP contribution < -0.4 is 10.9 Å². The minimum absolute atomic E-state index is 0.0858. The second-order valence-corrected chi connectivity index (χ2v) is 6.90. The van der Waals surface area contributed by atoms with Crippen LogP contribution in [0.4, 0.5) is 0 Å². The van der Waals surface area contributed by atoms with Gasteiger partial charge in [-0.1, -0.05) is 26.8 Å². The molecule has 0 radical (unpaired) electrons. The van der Waals surface area contributed by atoms with E-state index in [0.717, 1.165) is 26.2 Å². The molecule has 0 bridgehead atoms. The maximum absolute atomic E-state index is 11.7. The molecule has 112 valence electrons. The smallest absolute Gasteiger partial charge is 0.250 e. The Kier molecular flexibility index (Phi) is 4.66. The molecule has 2 atom stereocenters. The number of hydrogen-bond donors (Lipinski definition) is 1. The number of nitrogens with one attached hydrogen (secondary N) is 1. The molecule has 1 fully saturated rings. The van der Waals surface area contributed by atoms with Crippen LogP contribution in [-0.2, 0) is 6.54 Å². The third-order valence-electron chi connectivity index (χ3n) is 4.27. The van der Waals surface area contributed by atoms with Crippen LogP contribution >= 0.6 is 0 Å². The SMILES string of the molecule is CC1CNC(C(C)(C)C)CN1CCn1ccccc1=O. The lowest BCUT2D eigenvalue weighted by molar-refractivity contribution is 0.0904. The maximum Gasteiger partial charge on any atom is 0.250 e. The van der Waals surface area contributed by atoms with Gasteiger partial charge in [0, 0.05) is 50.5 Å². The first-order valence-electron chi connectivity index (χ1n) is 7.51. The maximum atomic E-state index is 11.7.